The van der Waals surface area contributed by atoms with Gasteiger partial charge in [0.25, 0.3) is 0 Å². The number of nitrogens with one attached hydrogen (secondary N) is 1. The van der Waals surface area contributed by atoms with Crippen molar-refractivity contribution in [1.82, 2.24) is 5.32 Å². The number of carbonyl (C=O) groups excluding carboxylic acids is 1. The van der Waals surface area contributed by atoms with Crippen molar-refractivity contribution in [1.29, 1.82) is 0 Å². The van der Waals surface area contributed by atoms with E-state index < -0.39 is 23.1 Å². The first-order chi connectivity index (χ1) is 7.15. The summed E-state index contributed by atoms with van der Waals surface area (Å²) in [5, 5.41) is 11.5. The largest absolute Gasteiger partial charge is 0.481 e. The summed E-state index contributed by atoms with van der Waals surface area (Å²) in [4.78, 5) is 22.1. The number of aliphatic carboxylic acids is 1. The van der Waals surface area contributed by atoms with E-state index >= 15 is 0 Å². The van der Waals surface area contributed by atoms with Crippen LogP contribution in [0.2, 0.25) is 0 Å². The highest BCUT2D eigenvalue weighted by molar-refractivity contribution is 5.78. The second-order valence-electron chi connectivity index (χ2n) is 5.51. The van der Waals surface area contributed by atoms with Gasteiger partial charge in [0.15, 0.2) is 0 Å². The predicted octanol–water partition coefficient (Wildman–Crippen LogP) is 1.62. The SMILES string of the molecule is CC(C)(C)OC(=O)NC[C@H]1C[C@]1(C)C(=O)O. The Bertz CT molecular complexity index is 308. The number of rotatable bonds is 3. The molecule has 0 aliphatic heterocycles. The third kappa shape index (κ3) is 3.12. The quantitative estimate of drug-likeness (QED) is 0.771. The Morgan fingerprint density at radius 3 is 2.44 bits per heavy atom. The van der Waals surface area contributed by atoms with Crippen LogP contribution in [0.5, 0.6) is 0 Å². The summed E-state index contributed by atoms with van der Waals surface area (Å²) in [6.45, 7) is 7.40. The van der Waals surface area contributed by atoms with E-state index in [4.69, 9.17) is 9.84 Å². The minimum atomic E-state index is -0.802. The van der Waals surface area contributed by atoms with Crippen molar-refractivity contribution < 1.29 is 19.4 Å². The van der Waals surface area contributed by atoms with E-state index in [-0.39, 0.29) is 5.92 Å². The summed E-state index contributed by atoms with van der Waals surface area (Å²) in [6.07, 6.45) is 0.116. The van der Waals surface area contributed by atoms with Crippen LogP contribution in [-0.4, -0.2) is 29.3 Å². The highest BCUT2D eigenvalue weighted by Gasteiger charge is 2.56. The van der Waals surface area contributed by atoms with Gasteiger partial charge in [-0.2, -0.15) is 0 Å². The molecule has 0 aromatic rings. The molecule has 5 nitrogen and oxygen atoms in total. The average Bonchev–Trinajstić information content (AvgIpc) is 2.72. The molecule has 0 heterocycles. The molecule has 0 unspecified atom stereocenters. The van der Waals surface area contributed by atoms with Crippen LogP contribution in [0.4, 0.5) is 4.79 Å². The molecule has 0 bridgehead atoms. The van der Waals surface area contributed by atoms with Crippen LogP contribution in [0.3, 0.4) is 0 Å². The number of hydrogen-bond donors (Lipinski definition) is 2. The third-order valence-corrected chi connectivity index (χ3v) is 2.79. The number of amides is 1. The number of carbonyl (C=O) groups is 2. The molecule has 1 fully saturated rings. The van der Waals surface area contributed by atoms with E-state index in [0.29, 0.717) is 13.0 Å². The fourth-order valence-corrected chi connectivity index (χ4v) is 1.53. The van der Waals surface area contributed by atoms with E-state index in [1.165, 1.54) is 0 Å². The van der Waals surface area contributed by atoms with E-state index in [1.807, 2.05) is 0 Å². The second-order valence-corrected chi connectivity index (χ2v) is 5.51. The molecule has 1 aliphatic rings. The first-order valence-electron chi connectivity index (χ1n) is 5.35. The molecule has 1 saturated carbocycles. The van der Waals surface area contributed by atoms with Crippen LogP contribution < -0.4 is 5.32 Å². The highest BCUT2D eigenvalue weighted by atomic mass is 16.6. The molecule has 0 saturated heterocycles. The van der Waals surface area contributed by atoms with Crippen molar-refractivity contribution in [2.75, 3.05) is 6.54 Å². The first kappa shape index (κ1) is 12.8. The Morgan fingerprint density at radius 1 is 1.50 bits per heavy atom. The summed E-state index contributed by atoms with van der Waals surface area (Å²) in [7, 11) is 0. The van der Waals surface area contributed by atoms with Crippen molar-refractivity contribution in [3.05, 3.63) is 0 Å². The van der Waals surface area contributed by atoms with Crippen LogP contribution in [0.1, 0.15) is 34.1 Å². The fourth-order valence-electron chi connectivity index (χ4n) is 1.53. The minimum absolute atomic E-state index is 0.0116. The van der Waals surface area contributed by atoms with E-state index in [9.17, 15) is 9.59 Å². The normalized spacial score (nSPS) is 28.4. The molecular formula is C11H19NO4. The van der Waals surface area contributed by atoms with Crippen LogP contribution in [0.15, 0.2) is 0 Å². The van der Waals surface area contributed by atoms with Crippen LogP contribution in [0.25, 0.3) is 0 Å². The maximum Gasteiger partial charge on any atom is 0.407 e. The van der Waals surface area contributed by atoms with Crippen molar-refractivity contribution in [2.45, 2.75) is 39.7 Å². The van der Waals surface area contributed by atoms with Gasteiger partial charge < -0.3 is 15.2 Å². The number of carboxylic acids is 1. The zero-order valence-corrected chi connectivity index (χ0v) is 10.2. The summed E-state index contributed by atoms with van der Waals surface area (Å²) in [5.74, 6) is -0.791. The molecule has 0 spiro atoms. The van der Waals surface area contributed by atoms with Crippen molar-refractivity contribution in [3.63, 3.8) is 0 Å². The summed E-state index contributed by atoms with van der Waals surface area (Å²) in [6, 6.07) is 0. The Labute approximate surface area is 95.2 Å². The lowest BCUT2D eigenvalue weighted by Gasteiger charge is -2.19. The standard InChI is InChI=1S/C11H19NO4/c1-10(2,3)16-9(15)12-6-7-5-11(7,4)8(13)14/h7H,5-6H2,1-4H3,(H,12,15)(H,13,14)/t7-,11+/m1/s1. The lowest BCUT2D eigenvalue weighted by Crippen LogP contribution is -2.34. The lowest BCUT2D eigenvalue weighted by molar-refractivity contribution is -0.143. The molecule has 1 aliphatic carbocycles. The summed E-state index contributed by atoms with van der Waals surface area (Å²) in [5.41, 5.74) is -1.20. The van der Waals surface area contributed by atoms with Gasteiger partial charge in [-0.05, 0) is 40.0 Å². The van der Waals surface area contributed by atoms with Crippen LogP contribution in [-0.2, 0) is 9.53 Å². The summed E-state index contributed by atoms with van der Waals surface area (Å²) >= 11 is 0. The van der Waals surface area contributed by atoms with Gasteiger partial charge in [-0.1, -0.05) is 0 Å². The topological polar surface area (TPSA) is 75.6 Å². The molecule has 16 heavy (non-hydrogen) atoms. The Morgan fingerprint density at radius 2 is 2.06 bits per heavy atom. The lowest BCUT2D eigenvalue weighted by atomic mass is 10.1. The second kappa shape index (κ2) is 3.96. The molecule has 0 aromatic heterocycles. The predicted molar refractivity (Wildman–Crippen MR) is 58.1 cm³/mol. The Balaban J connectivity index is 2.28. The van der Waals surface area contributed by atoms with Gasteiger partial charge in [0.1, 0.15) is 5.60 Å². The van der Waals surface area contributed by atoms with Gasteiger partial charge in [-0.15, -0.1) is 0 Å². The number of ether oxygens (including phenoxy) is 1. The molecule has 0 aromatic carbocycles. The Kier molecular flexibility index (Phi) is 3.17. The van der Waals surface area contributed by atoms with Gasteiger partial charge in [-0.25, -0.2) is 4.79 Å². The maximum absolute atomic E-state index is 11.3. The molecular weight excluding hydrogens is 210 g/mol. The van der Waals surface area contributed by atoms with Gasteiger partial charge in [0.05, 0.1) is 5.41 Å². The monoisotopic (exact) mass is 229 g/mol. The maximum atomic E-state index is 11.3. The molecule has 2 atom stereocenters. The smallest absolute Gasteiger partial charge is 0.407 e. The molecule has 2 N–H and O–H groups in total. The van der Waals surface area contributed by atoms with E-state index in [2.05, 4.69) is 5.32 Å². The molecule has 1 rings (SSSR count). The van der Waals surface area contributed by atoms with Crippen molar-refractivity contribution >= 4 is 12.1 Å². The summed E-state index contributed by atoms with van der Waals surface area (Å²) < 4.78 is 5.05. The fraction of sp³-hybridized carbons (Fsp3) is 0.818. The zero-order valence-electron chi connectivity index (χ0n) is 10.2. The number of carboxylic acid groups (broad SMARTS) is 1. The molecule has 0 radical (unpaired) electrons. The highest BCUT2D eigenvalue weighted by Crippen LogP contribution is 2.51. The van der Waals surface area contributed by atoms with Crippen molar-refractivity contribution in [2.24, 2.45) is 11.3 Å². The third-order valence-electron chi connectivity index (χ3n) is 2.79. The van der Waals surface area contributed by atoms with Crippen LogP contribution >= 0.6 is 0 Å². The first-order valence-corrected chi connectivity index (χ1v) is 5.35. The zero-order chi connectivity index (χ0) is 12.6. The van der Waals surface area contributed by atoms with Gasteiger partial charge >= 0.3 is 12.1 Å². The van der Waals surface area contributed by atoms with Crippen molar-refractivity contribution in [3.8, 4) is 0 Å². The van der Waals surface area contributed by atoms with E-state index in [1.54, 1.807) is 27.7 Å². The molecule has 1 amide bonds. The molecule has 5 heteroatoms. The van der Waals surface area contributed by atoms with Gasteiger partial charge in [0.2, 0.25) is 0 Å². The van der Waals surface area contributed by atoms with Crippen LogP contribution in [0, 0.1) is 11.3 Å². The minimum Gasteiger partial charge on any atom is -0.481 e. The molecule has 92 valence electrons. The van der Waals surface area contributed by atoms with Gasteiger partial charge in [-0.3, -0.25) is 4.79 Å². The van der Waals surface area contributed by atoms with Gasteiger partial charge in [0, 0.05) is 6.54 Å². The van der Waals surface area contributed by atoms with E-state index in [0.717, 1.165) is 0 Å². The number of alkyl carbamates (subject to hydrolysis) is 1. The average molecular weight is 229 g/mol. The Hall–Kier alpha value is -1.26. The number of hydrogen-bond acceptors (Lipinski definition) is 3.